The molecule has 2 rings (SSSR count). The Hall–Kier alpha value is -3.02. The Morgan fingerprint density at radius 1 is 1.31 bits per heavy atom. The number of halogens is 2. The van der Waals surface area contributed by atoms with Crippen molar-refractivity contribution in [1.29, 1.82) is 5.26 Å². The number of methoxy groups -OCH3 is 1. The zero-order valence-corrected chi connectivity index (χ0v) is 19.4. The molecular formula is C24H30F2N4O2. The molecule has 0 aliphatic carbocycles. The van der Waals surface area contributed by atoms with E-state index in [1.807, 2.05) is 32.9 Å². The fraction of sp³-hybridized carbons (Fsp3) is 0.417. The minimum atomic E-state index is -0.736. The van der Waals surface area contributed by atoms with E-state index in [-0.39, 0.29) is 23.7 Å². The molecule has 0 spiro atoms. The molecule has 0 saturated carbocycles. The van der Waals surface area contributed by atoms with E-state index < -0.39 is 23.6 Å². The van der Waals surface area contributed by atoms with Gasteiger partial charge in [0.1, 0.15) is 23.3 Å². The van der Waals surface area contributed by atoms with Crippen LogP contribution in [0.15, 0.2) is 29.8 Å². The van der Waals surface area contributed by atoms with E-state index in [0.29, 0.717) is 6.61 Å². The van der Waals surface area contributed by atoms with Crippen molar-refractivity contribution in [3.05, 3.63) is 64.0 Å². The Morgan fingerprint density at radius 3 is 2.47 bits per heavy atom. The lowest BCUT2D eigenvalue weighted by atomic mass is 10.0. The van der Waals surface area contributed by atoms with Gasteiger partial charge in [0, 0.05) is 30.6 Å². The molecule has 2 atom stereocenters. The van der Waals surface area contributed by atoms with Gasteiger partial charge in [-0.2, -0.15) is 5.26 Å². The number of carbonyl (C=O) groups is 1. The third kappa shape index (κ3) is 5.61. The number of nitrogens with one attached hydrogen (secondary N) is 1. The van der Waals surface area contributed by atoms with Crippen LogP contribution in [-0.4, -0.2) is 49.7 Å². The highest BCUT2D eigenvalue weighted by molar-refractivity contribution is 6.01. The van der Waals surface area contributed by atoms with E-state index >= 15 is 0 Å². The second kappa shape index (κ2) is 11.0. The van der Waals surface area contributed by atoms with Gasteiger partial charge in [0.25, 0.3) is 5.91 Å². The first-order valence-electron chi connectivity index (χ1n) is 10.3. The molecule has 0 saturated heterocycles. The number of hydrogen-bond acceptors (Lipinski definition) is 4. The van der Waals surface area contributed by atoms with Crippen molar-refractivity contribution in [1.82, 2.24) is 14.8 Å². The summed E-state index contributed by atoms with van der Waals surface area (Å²) in [6.07, 6.45) is 1.53. The van der Waals surface area contributed by atoms with Gasteiger partial charge >= 0.3 is 0 Å². The van der Waals surface area contributed by atoms with Crippen LogP contribution in [0.3, 0.4) is 0 Å². The van der Waals surface area contributed by atoms with Gasteiger partial charge in [0.15, 0.2) is 0 Å². The van der Waals surface area contributed by atoms with Crippen LogP contribution in [-0.2, 0) is 9.53 Å². The lowest BCUT2D eigenvalue weighted by Crippen LogP contribution is -2.36. The second-order valence-electron chi connectivity index (χ2n) is 8.00. The maximum absolute atomic E-state index is 14.2. The third-order valence-electron chi connectivity index (χ3n) is 5.45. The smallest absolute Gasteiger partial charge is 0.262 e. The van der Waals surface area contributed by atoms with Crippen LogP contribution in [0.4, 0.5) is 8.78 Å². The van der Waals surface area contributed by atoms with Gasteiger partial charge in [-0.15, -0.1) is 0 Å². The van der Waals surface area contributed by atoms with Crippen molar-refractivity contribution < 1.29 is 18.3 Å². The minimum Gasteiger partial charge on any atom is -0.383 e. The molecule has 32 heavy (non-hydrogen) atoms. The number of nitriles is 1. The highest BCUT2D eigenvalue weighted by Gasteiger charge is 2.23. The van der Waals surface area contributed by atoms with Gasteiger partial charge in [-0.25, -0.2) is 8.78 Å². The topological polar surface area (TPSA) is 70.3 Å². The summed E-state index contributed by atoms with van der Waals surface area (Å²) in [5.74, 6) is -1.98. The van der Waals surface area contributed by atoms with Crippen LogP contribution < -0.4 is 5.32 Å². The van der Waals surface area contributed by atoms with Gasteiger partial charge in [-0.05, 0) is 64.7 Å². The van der Waals surface area contributed by atoms with Crippen LogP contribution in [0.2, 0.25) is 0 Å². The van der Waals surface area contributed by atoms with Crippen molar-refractivity contribution in [2.24, 2.45) is 0 Å². The largest absolute Gasteiger partial charge is 0.383 e. The molecule has 1 aromatic carbocycles. The summed E-state index contributed by atoms with van der Waals surface area (Å²) in [6.45, 7) is 6.36. The standard InChI is InChI=1S/C24H30F2N4O2/c1-15-10-18(17(3)30(15)16(2)14-32-6)11-19(12-27)24(31)28-13-22(29(4)5)23-20(25)8-7-9-21(23)26/h7-11,16,22H,13-14H2,1-6H3,(H,28,31)/b19-11-. The molecule has 2 aromatic rings. The molecule has 1 aromatic heterocycles. The first-order chi connectivity index (χ1) is 15.1. The van der Waals surface area contributed by atoms with E-state index in [4.69, 9.17) is 4.74 Å². The zero-order chi connectivity index (χ0) is 24.0. The number of carbonyl (C=O) groups excluding carboxylic acids is 1. The summed E-state index contributed by atoms with van der Waals surface area (Å²) >= 11 is 0. The predicted molar refractivity (Wildman–Crippen MR) is 120 cm³/mol. The Morgan fingerprint density at radius 2 is 1.94 bits per heavy atom. The number of nitrogens with zero attached hydrogens (tertiary/aromatic N) is 3. The van der Waals surface area contributed by atoms with Gasteiger partial charge < -0.3 is 19.5 Å². The molecule has 0 radical (unpaired) electrons. The van der Waals surface area contributed by atoms with Crippen molar-refractivity contribution in [3.63, 3.8) is 0 Å². The highest BCUT2D eigenvalue weighted by atomic mass is 19.1. The molecule has 0 bridgehead atoms. The number of aryl methyl sites for hydroxylation is 1. The summed E-state index contributed by atoms with van der Waals surface area (Å²) in [7, 11) is 4.97. The van der Waals surface area contributed by atoms with Crippen LogP contribution in [0.1, 0.15) is 41.5 Å². The van der Waals surface area contributed by atoms with E-state index in [9.17, 15) is 18.8 Å². The van der Waals surface area contributed by atoms with Crippen molar-refractivity contribution in [2.75, 3.05) is 34.4 Å². The Bertz CT molecular complexity index is 1020. The monoisotopic (exact) mass is 444 g/mol. The average Bonchev–Trinajstić information content (AvgIpc) is 3.00. The van der Waals surface area contributed by atoms with Crippen molar-refractivity contribution in [3.8, 4) is 6.07 Å². The summed E-state index contributed by atoms with van der Waals surface area (Å²) < 4.78 is 35.8. The molecule has 172 valence electrons. The number of likely N-dealkylation sites (N-methyl/N-ethyl adjacent to an activating group) is 1. The quantitative estimate of drug-likeness (QED) is 0.470. The highest BCUT2D eigenvalue weighted by Crippen LogP contribution is 2.25. The van der Waals surface area contributed by atoms with Gasteiger partial charge in [0.2, 0.25) is 0 Å². The number of aromatic nitrogens is 1. The van der Waals surface area contributed by atoms with Gasteiger partial charge in [-0.3, -0.25) is 4.79 Å². The molecule has 0 aliphatic rings. The normalized spacial score (nSPS) is 13.7. The first-order valence-corrected chi connectivity index (χ1v) is 10.3. The summed E-state index contributed by atoms with van der Waals surface area (Å²) in [4.78, 5) is 14.3. The van der Waals surface area contributed by atoms with Crippen LogP contribution in [0.5, 0.6) is 0 Å². The summed E-state index contributed by atoms with van der Waals surface area (Å²) in [5, 5.41) is 12.2. The van der Waals surface area contributed by atoms with Gasteiger partial charge in [0.05, 0.1) is 18.7 Å². The molecule has 6 nitrogen and oxygen atoms in total. The molecule has 0 aliphatic heterocycles. The Balaban J connectivity index is 2.26. The maximum atomic E-state index is 14.2. The van der Waals surface area contributed by atoms with Crippen molar-refractivity contribution >= 4 is 12.0 Å². The van der Waals surface area contributed by atoms with E-state index in [2.05, 4.69) is 9.88 Å². The van der Waals surface area contributed by atoms with Crippen molar-refractivity contribution in [2.45, 2.75) is 32.9 Å². The Kier molecular flexibility index (Phi) is 8.70. The minimum absolute atomic E-state index is 0.0629. The fourth-order valence-electron chi connectivity index (χ4n) is 3.90. The molecule has 2 unspecified atom stereocenters. The van der Waals surface area contributed by atoms with Crippen LogP contribution in [0, 0.1) is 36.8 Å². The lowest BCUT2D eigenvalue weighted by Gasteiger charge is -2.25. The summed E-state index contributed by atoms with van der Waals surface area (Å²) in [5.41, 5.74) is 2.43. The van der Waals surface area contributed by atoms with E-state index in [1.165, 1.54) is 24.3 Å². The molecule has 8 heteroatoms. The predicted octanol–water partition coefficient (Wildman–Crippen LogP) is 3.92. The number of rotatable bonds is 9. The third-order valence-corrected chi connectivity index (χ3v) is 5.45. The molecule has 0 fully saturated rings. The summed E-state index contributed by atoms with van der Waals surface area (Å²) in [6, 6.07) is 6.84. The number of benzene rings is 1. The van der Waals surface area contributed by atoms with Crippen LogP contribution >= 0.6 is 0 Å². The second-order valence-corrected chi connectivity index (χ2v) is 8.00. The molecule has 1 heterocycles. The van der Waals surface area contributed by atoms with E-state index in [0.717, 1.165) is 17.0 Å². The maximum Gasteiger partial charge on any atom is 0.262 e. The molecular weight excluding hydrogens is 414 g/mol. The number of ether oxygens (including phenoxy) is 1. The zero-order valence-electron chi connectivity index (χ0n) is 19.4. The number of amides is 1. The molecule has 1 N–H and O–H groups in total. The first kappa shape index (κ1) is 25.2. The average molecular weight is 445 g/mol. The molecule has 1 amide bonds. The lowest BCUT2D eigenvalue weighted by molar-refractivity contribution is -0.117. The van der Waals surface area contributed by atoms with Crippen LogP contribution in [0.25, 0.3) is 6.08 Å². The fourth-order valence-corrected chi connectivity index (χ4v) is 3.90. The van der Waals surface area contributed by atoms with Gasteiger partial charge in [-0.1, -0.05) is 6.07 Å². The SMILES string of the molecule is COCC(C)n1c(C)cc(/C=C(/C#N)C(=O)NCC(c2c(F)cccc2F)N(C)C)c1C. The van der Waals surface area contributed by atoms with E-state index in [1.54, 1.807) is 26.1 Å². The number of hydrogen-bond donors (Lipinski definition) is 1. The Labute approximate surface area is 188 Å².